The van der Waals surface area contributed by atoms with Crippen LogP contribution in [0.3, 0.4) is 0 Å². The van der Waals surface area contributed by atoms with E-state index in [0.717, 1.165) is 32.1 Å². The van der Waals surface area contributed by atoms with Crippen molar-refractivity contribution in [3.8, 4) is 6.07 Å². The van der Waals surface area contributed by atoms with Gasteiger partial charge in [-0.1, -0.05) is 0 Å². The number of ether oxygens (including phenoxy) is 1. The van der Waals surface area contributed by atoms with E-state index in [1.54, 1.807) is 12.4 Å². The highest BCUT2D eigenvalue weighted by Crippen LogP contribution is 2.29. The lowest BCUT2D eigenvalue weighted by molar-refractivity contribution is 0.0196. The van der Waals surface area contributed by atoms with Gasteiger partial charge in [-0.2, -0.15) is 5.26 Å². The van der Waals surface area contributed by atoms with E-state index in [1.807, 2.05) is 0 Å². The number of rotatable bonds is 5. The maximum absolute atomic E-state index is 9.15. The molecule has 0 spiro atoms. The molecule has 0 N–H and O–H groups in total. The lowest BCUT2D eigenvalue weighted by Crippen LogP contribution is -2.47. The monoisotopic (exact) mass is 287 g/mol. The van der Waals surface area contributed by atoms with Crippen LogP contribution in [0.25, 0.3) is 0 Å². The molecule has 1 saturated carbocycles. The molecule has 6 nitrogen and oxygen atoms in total. The minimum absolute atomic E-state index is 0.163. The number of nitriles is 1. The summed E-state index contributed by atoms with van der Waals surface area (Å²) in [5.74, 6) is 1.57. The number of likely N-dealkylation sites (N-methyl/N-ethyl adjacent to an activating group) is 1. The van der Waals surface area contributed by atoms with Crippen LogP contribution in [-0.2, 0) is 4.74 Å². The van der Waals surface area contributed by atoms with Crippen molar-refractivity contribution in [1.29, 1.82) is 5.26 Å². The van der Waals surface area contributed by atoms with Crippen molar-refractivity contribution in [2.45, 2.75) is 18.9 Å². The molecule has 0 radical (unpaired) electrons. The Morgan fingerprint density at radius 2 is 2.19 bits per heavy atom. The van der Waals surface area contributed by atoms with Crippen LogP contribution in [0.2, 0.25) is 0 Å². The predicted octanol–water partition coefficient (Wildman–Crippen LogP) is 0.895. The van der Waals surface area contributed by atoms with Crippen LogP contribution in [-0.4, -0.2) is 60.8 Å². The van der Waals surface area contributed by atoms with Crippen molar-refractivity contribution in [2.75, 3.05) is 44.7 Å². The van der Waals surface area contributed by atoms with E-state index >= 15 is 0 Å². The SMILES string of the molecule is CN(CC1CC1)C[C@H]1CN(c2nccnc2C#N)CCO1. The van der Waals surface area contributed by atoms with Crippen LogP contribution in [0.5, 0.6) is 0 Å². The summed E-state index contributed by atoms with van der Waals surface area (Å²) in [5, 5.41) is 9.15. The van der Waals surface area contributed by atoms with Gasteiger partial charge in [-0.05, 0) is 25.8 Å². The maximum Gasteiger partial charge on any atom is 0.183 e. The first-order valence-electron chi connectivity index (χ1n) is 7.52. The van der Waals surface area contributed by atoms with Gasteiger partial charge in [-0.25, -0.2) is 9.97 Å². The number of hydrogen-bond donors (Lipinski definition) is 0. The number of nitrogens with zero attached hydrogens (tertiary/aromatic N) is 5. The summed E-state index contributed by atoms with van der Waals surface area (Å²) in [4.78, 5) is 12.9. The van der Waals surface area contributed by atoms with Gasteiger partial charge in [-0.3, -0.25) is 0 Å². The van der Waals surface area contributed by atoms with Gasteiger partial charge < -0.3 is 14.5 Å². The summed E-state index contributed by atoms with van der Waals surface area (Å²) < 4.78 is 5.86. The number of hydrogen-bond acceptors (Lipinski definition) is 6. The van der Waals surface area contributed by atoms with Gasteiger partial charge in [0.1, 0.15) is 6.07 Å². The fraction of sp³-hybridized carbons (Fsp3) is 0.667. The molecule has 0 unspecified atom stereocenters. The highest BCUT2D eigenvalue weighted by atomic mass is 16.5. The Balaban J connectivity index is 1.61. The minimum Gasteiger partial charge on any atom is -0.373 e. The second-order valence-corrected chi connectivity index (χ2v) is 5.94. The first kappa shape index (κ1) is 14.2. The smallest absolute Gasteiger partial charge is 0.183 e. The van der Waals surface area contributed by atoms with Gasteiger partial charge in [0.15, 0.2) is 11.5 Å². The van der Waals surface area contributed by atoms with E-state index in [0.29, 0.717) is 18.1 Å². The Hall–Kier alpha value is -1.71. The Kier molecular flexibility index (Phi) is 4.32. The van der Waals surface area contributed by atoms with E-state index in [9.17, 15) is 0 Å². The third-order valence-electron chi connectivity index (χ3n) is 4.01. The second-order valence-electron chi connectivity index (χ2n) is 5.94. The van der Waals surface area contributed by atoms with Crippen LogP contribution in [0.4, 0.5) is 5.82 Å². The fourth-order valence-electron chi connectivity index (χ4n) is 2.83. The Morgan fingerprint density at radius 3 is 2.95 bits per heavy atom. The highest BCUT2D eigenvalue weighted by Gasteiger charge is 2.27. The summed E-state index contributed by atoms with van der Waals surface area (Å²) in [6, 6.07) is 2.12. The number of morpholine rings is 1. The zero-order valence-electron chi connectivity index (χ0n) is 12.4. The van der Waals surface area contributed by atoms with E-state index < -0.39 is 0 Å². The van der Waals surface area contributed by atoms with E-state index in [2.05, 4.69) is 32.9 Å². The van der Waals surface area contributed by atoms with Gasteiger partial charge >= 0.3 is 0 Å². The van der Waals surface area contributed by atoms with Crippen LogP contribution in [0.15, 0.2) is 12.4 Å². The topological polar surface area (TPSA) is 65.3 Å². The third-order valence-corrected chi connectivity index (χ3v) is 4.01. The largest absolute Gasteiger partial charge is 0.373 e. The van der Waals surface area contributed by atoms with Crippen LogP contribution < -0.4 is 4.90 Å². The molecule has 0 amide bonds. The molecular weight excluding hydrogens is 266 g/mol. The quantitative estimate of drug-likeness (QED) is 0.801. The molecule has 1 aromatic heterocycles. The molecule has 21 heavy (non-hydrogen) atoms. The van der Waals surface area contributed by atoms with Crippen LogP contribution >= 0.6 is 0 Å². The zero-order chi connectivity index (χ0) is 14.7. The van der Waals surface area contributed by atoms with Crippen molar-refractivity contribution in [3.63, 3.8) is 0 Å². The molecule has 112 valence electrons. The summed E-state index contributed by atoms with van der Waals surface area (Å²) in [7, 11) is 2.16. The van der Waals surface area contributed by atoms with E-state index in [1.165, 1.54) is 12.8 Å². The first-order valence-corrected chi connectivity index (χ1v) is 7.52. The number of aromatic nitrogens is 2. The number of anilines is 1. The zero-order valence-corrected chi connectivity index (χ0v) is 12.4. The first-order chi connectivity index (χ1) is 10.3. The van der Waals surface area contributed by atoms with Crippen molar-refractivity contribution in [2.24, 2.45) is 5.92 Å². The molecule has 0 aromatic carbocycles. The standard InChI is InChI=1S/C15H21N5O/c1-19(9-12-2-3-12)10-13-11-20(6-7-21-13)15-14(8-16)17-4-5-18-15/h4-5,12-13H,2-3,6-7,9-11H2,1H3/t13-/m0/s1. The lowest BCUT2D eigenvalue weighted by Gasteiger charge is -2.35. The molecule has 1 aliphatic heterocycles. The minimum atomic E-state index is 0.163. The Bertz CT molecular complexity index is 525. The summed E-state index contributed by atoms with van der Waals surface area (Å²) in [5.41, 5.74) is 0.393. The van der Waals surface area contributed by atoms with Crippen molar-refractivity contribution < 1.29 is 4.74 Å². The fourth-order valence-corrected chi connectivity index (χ4v) is 2.83. The molecule has 1 aromatic rings. The average molecular weight is 287 g/mol. The predicted molar refractivity (Wildman–Crippen MR) is 78.9 cm³/mol. The molecule has 0 bridgehead atoms. The average Bonchev–Trinajstić information content (AvgIpc) is 3.31. The van der Waals surface area contributed by atoms with E-state index in [4.69, 9.17) is 10.00 Å². The van der Waals surface area contributed by atoms with Crippen molar-refractivity contribution in [3.05, 3.63) is 18.1 Å². The molecule has 2 heterocycles. The van der Waals surface area contributed by atoms with Gasteiger partial charge in [0.25, 0.3) is 0 Å². The lowest BCUT2D eigenvalue weighted by atomic mass is 10.2. The van der Waals surface area contributed by atoms with Crippen molar-refractivity contribution >= 4 is 5.82 Å². The molecule has 1 aliphatic carbocycles. The molecule has 3 rings (SSSR count). The summed E-state index contributed by atoms with van der Waals surface area (Å²) >= 11 is 0. The maximum atomic E-state index is 9.15. The molecule has 6 heteroatoms. The normalized spacial score (nSPS) is 22.3. The van der Waals surface area contributed by atoms with Gasteiger partial charge in [0, 0.05) is 38.6 Å². The molecule has 1 atom stereocenters. The van der Waals surface area contributed by atoms with Crippen LogP contribution in [0.1, 0.15) is 18.5 Å². The molecule has 2 aliphatic rings. The molecule has 2 fully saturated rings. The van der Waals surface area contributed by atoms with E-state index in [-0.39, 0.29) is 6.10 Å². The van der Waals surface area contributed by atoms with Gasteiger partial charge in [-0.15, -0.1) is 0 Å². The van der Waals surface area contributed by atoms with Gasteiger partial charge in [0.05, 0.1) is 12.7 Å². The van der Waals surface area contributed by atoms with Crippen LogP contribution in [0, 0.1) is 17.2 Å². The Morgan fingerprint density at radius 1 is 1.38 bits per heavy atom. The summed E-state index contributed by atoms with van der Waals surface area (Å²) in [6.07, 6.45) is 6.10. The van der Waals surface area contributed by atoms with Crippen molar-refractivity contribution in [1.82, 2.24) is 14.9 Å². The summed E-state index contributed by atoms with van der Waals surface area (Å²) in [6.45, 7) is 4.28. The highest BCUT2D eigenvalue weighted by molar-refractivity contribution is 5.49. The third kappa shape index (κ3) is 3.69. The molecular formula is C15H21N5O. The second kappa shape index (κ2) is 6.37. The molecule has 1 saturated heterocycles. The Labute approximate surface area is 125 Å². The van der Waals surface area contributed by atoms with Gasteiger partial charge in [0.2, 0.25) is 0 Å².